The summed E-state index contributed by atoms with van der Waals surface area (Å²) in [6, 6.07) is 47.4. The van der Waals surface area contributed by atoms with Crippen molar-refractivity contribution in [2.75, 3.05) is 30.6 Å². The van der Waals surface area contributed by atoms with Gasteiger partial charge in [0.25, 0.3) is 0 Å². The van der Waals surface area contributed by atoms with E-state index >= 15 is 0 Å². The number of anilines is 4. The van der Waals surface area contributed by atoms with E-state index in [1.54, 1.807) is 5.30 Å². The van der Waals surface area contributed by atoms with Gasteiger partial charge in [-0.25, -0.2) is 0 Å². The Labute approximate surface area is 350 Å². The molecule has 0 radical (unpaired) electrons. The molecule has 0 N–H and O–H groups in total. The maximum atomic E-state index is 5.04. The first kappa shape index (κ1) is 37.1. The van der Waals surface area contributed by atoms with Crippen molar-refractivity contribution in [3.05, 3.63) is 134 Å². The van der Waals surface area contributed by atoms with Gasteiger partial charge in [-0.3, -0.25) is 0 Å². The van der Waals surface area contributed by atoms with Gasteiger partial charge < -0.3 is 0 Å². The van der Waals surface area contributed by atoms with Gasteiger partial charge in [0.2, 0.25) is 0 Å². The van der Waals surface area contributed by atoms with E-state index in [0.29, 0.717) is 11.3 Å². The average Bonchev–Trinajstić information content (AvgIpc) is 3.30. The van der Waals surface area contributed by atoms with E-state index in [1.807, 2.05) is 12.4 Å². The third-order valence-corrected chi connectivity index (χ3v) is 22.8. The standard InChI is InChI=1S/C53H54N4P2/c1-56-46-28-36-16-10-12-18-38(36)30-50(46)58(42-22-6-4-7-23-42)51-31-40-20-14-26-54-44(40)34-47(51)57(2)49-35-45-41(21-15-27-55-45)33-53(49)59(3,43-24-8-5-9-25-43)52-32-39-19-13-11-17-37(39)29-48(52)56/h10-21,26-35,42-43,59H,4-9,22-25H2,1-3H3. The maximum absolute atomic E-state index is 5.04. The van der Waals surface area contributed by atoms with Crippen molar-refractivity contribution >= 4 is 103 Å². The van der Waals surface area contributed by atoms with Crippen molar-refractivity contribution in [3.63, 3.8) is 0 Å². The molecular weight excluding hydrogens is 755 g/mol. The number of fused-ring (bicyclic) bond motifs is 8. The van der Waals surface area contributed by atoms with E-state index in [9.17, 15) is 0 Å². The van der Waals surface area contributed by atoms with Gasteiger partial charge in [0.15, 0.2) is 0 Å². The van der Waals surface area contributed by atoms with Crippen LogP contribution in [0.4, 0.5) is 22.7 Å². The van der Waals surface area contributed by atoms with Crippen LogP contribution in [0.2, 0.25) is 0 Å². The molecule has 1 unspecified atom stereocenters. The van der Waals surface area contributed by atoms with Gasteiger partial charge in [-0.15, -0.1) is 0 Å². The van der Waals surface area contributed by atoms with Crippen LogP contribution in [0.3, 0.4) is 0 Å². The molecule has 6 aromatic carbocycles. The first-order chi connectivity index (χ1) is 29.0. The zero-order chi connectivity index (χ0) is 39.7. The summed E-state index contributed by atoms with van der Waals surface area (Å²) < 4.78 is 0. The summed E-state index contributed by atoms with van der Waals surface area (Å²) in [4.78, 5) is 15.3. The summed E-state index contributed by atoms with van der Waals surface area (Å²) in [5, 5.41) is 13.8. The molecule has 1 aliphatic heterocycles. The molecule has 0 bridgehead atoms. The summed E-state index contributed by atoms with van der Waals surface area (Å²) in [6.07, 6.45) is 16.8. The predicted molar refractivity (Wildman–Crippen MR) is 261 cm³/mol. The zero-order valence-corrected chi connectivity index (χ0v) is 36.6. The molecule has 2 aromatic heterocycles. The van der Waals surface area contributed by atoms with Crippen molar-refractivity contribution in [3.8, 4) is 0 Å². The molecule has 3 heterocycles. The second-order valence-corrected chi connectivity index (χ2v) is 24.6. The third-order valence-electron chi connectivity index (χ3n) is 14.6. The summed E-state index contributed by atoms with van der Waals surface area (Å²) in [5.41, 5.74) is 8.64. The van der Waals surface area contributed by atoms with Gasteiger partial charge in [0.05, 0.1) is 0 Å². The van der Waals surface area contributed by atoms with Crippen LogP contribution < -0.4 is 31.0 Å². The Hall–Kier alpha value is -4.88. The van der Waals surface area contributed by atoms with E-state index in [0.717, 1.165) is 11.0 Å². The van der Waals surface area contributed by atoms with Gasteiger partial charge in [-0.2, -0.15) is 0 Å². The van der Waals surface area contributed by atoms with Crippen LogP contribution >= 0.6 is 15.2 Å². The topological polar surface area (TPSA) is 32.3 Å². The molecule has 2 fully saturated rings. The van der Waals surface area contributed by atoms with Crippen LogP contribution in [0.5, 0.6) is 0 Å². The first-order valence-electron chi connectivity index (χ1n) is 22.1. The van der Waals surface area contributed by atoms with Crippen molar-refractivity contribution in [1.82, 2.24) is 9.97 Å². The van der Waals surface area contributed by atoms with E-state index in [2.05, 4.69) is 152 Å². The molecule has 1 atom stereocenters. The Balaban J connectivity index is 1.33. The number of rotatable bonds is 2. The van der Waals surface area contributed by atoms with Crippen LogP contribution in [-0.4, -0.2) is 42.0 Å². The molecule has 2 aliphatic carbocycles. The molecular formula is C53H54N4P2. The van der Waals surface area contributed by atoms with Crippen LogP contribution in [0.15, 0.2) is 134 Å². The summed E-state index contributed by atoms with van der Waals surface area (Å²) >= 11 is 0. The van der Waals surface area contributed by atoms with Crippen molar-refractivity contribution < 1.29 is 0 Å². The fraction of sp³-hybridized carbons (Fsp3) is 0.283. The Morgan fingerprint density at radius 1 is 0.475 bits per heavy atom. The second-order valence-electron chi connectivity index (χ2n) is 17.8. The monoisotopic (exact) mass is 808 g/mol. The molecule has 6 heteroatoms. The molecule has 8 aromatic rings. The molecule has 3 aliphatic rings. The van der Waals surface area contributed by atoms with Crippen molar-refractivity contribution in [2.45, 2.75) is 75.5 Å². The zero-order valence-electron chi connectivity index (χ0n) is 34.7. The summed E-state index contributed by atoms with van der Waals surface area (Å²) in [7, 11) is 1.36. The number of aromatic nitrogens is 2. The van der Waals surface area contributed by atoms with E-state index in [1.165, 1.54) is 135 Å². The average molecular weight is 809 g/mol. The molecule has 4 nitrogen and oxygen atoms in total. The van der Waals surface area contributed by atoms with Gasteiger partial charge in [0.1, 0.15) is 0 Å². The molecule has 11 rings (SSSR count). The summed E-state index contributed by atoms with van der Waals surface area (Å²) in [5.74, 6) is 0. The number of hydrogen-bond donors (Lipinski definition) is 0. The minimum absolute atomic E-state index is 0.576. The van der Waals surface area contributed by atoms with Gasteiger partial charge >= 0.3 is 352 Å². The Bertz CT molecular complexity index is 2720. The predicted octanol–water partition coefficient (Wildman–Crippen LogP) is 12.4. The third kappa shape index (κ3) is 6.24. The molecule has 2 saturated carbocycles. The van der Waals surface area contributed by atoms with Crippen LogP contribution in [0.1, 0.15) is 64.2 Å². The van der Waals surface area contributed by atoms with Crippen molar-refractivity contribution in [2.24, 2.45) is 0 Å². The van der Waals surface area contributed by atoms with E-state index in [4.69, 9.17) is 9.97 Å². The van der Waals surface area contributed by atoms with E-state index in [-0.39, 0.29) is 0 Å². The number of hydrogen-bond acceptors (Lipinski definition) is 4. The second kappa shape index (κ2) is 15.0. The van der Waals surface area contributed by atoms with Crippen LogP contribution in [0.25, 0.3) is 43.4 Å². The fourth-order valence-electron chi connectivity index (χ4n) is 11.3. The van der Waals surface area contributed by atoms with Crippen molar-refractivity contribution in [1.29, 1.82) is 0 Å². The van der Waals surface area contributed by atoms with Gasteiger partial charge in [-0.1, -0.05) is 0 Å². The summed E-state index contributed by atoms with van der Waals surface area (Å²) in [6.45, 7) is 2.74. The molecule has 0 amide bonds. The number of benzene rings is 6. The molecule has 0 saturated heterocycles. The van der Waals surface area contributed by atoms with Gasteiger partial charge in [0, 0.05) is 0 Å². The quantitative estimate of drug-likeness (QED) is 0.163. The van der Waals surface area contributed by atoms with Gasteiger partial charge in [-0.05, 0) is 0 Å². The molecule has 59 heavy (non-hydrogen) atoms. The fourth-order valence-corrected chi connectivity index (χ4v) is 19.9. The normalized spacial score (nSPS) is 19.4. The SMILES string of the molecule is CN1c2cc3ccccc3cc2P(C2CCCCC2)c2cc3cccnc3cc2N(C)c2cc3ncccc3cc2[PH](C)(C2CCCCC2)c2cc3ccccc3cc21. The Morgan fingerprint density at radius 2 is 0.898 bits per heavy atom. The number of nitrogens with zero attached hydrogens (tertiary/aromatic N) is 4. The Morgan fingerprint density at radius 3 is 1.51 bits per heavy atom. The minimum atomic E-state index is -2.59. The number of pyridine rings is 2. The molecule has 296 valence electrons. The Kier molecular flexibility index (Phi) is 9.44. The molecule has 0 spiro atoms. The van der Waals surface area contributed by atoms with E-state index < -0.39 is 15.2 Å². The van der Waals surface area contributed by atoms with Crippen LogP contribution in [0, 0.1) is 0 Å². The van der Waals surface area contributed by atoms with Crippen LogP contribution in [-0.2, 0) is 0 Å². The first-order valence-corrected chi connectivity index (χ1v) is 26.1.